The maximum absolute atomic E-state index is 11.6. The lowest BCUT2D eigenvalue weighted by Crippen LogP contribution is -2.39. The second-order valence-corrected chi connectivity index (χ2v) is 6.81. The van der Waals surface area contributed by atoms with Crippen molar-refractivity contribution in [1.82, 2.24) is 9.88 Å². The number of carboxylic acid groups (broad SMARTS) is 1. The molecule has 1 saturated heterocycles. The van der Waals surface area contributed by atoms with Crippen molar-refractivity contribution in [1.29, 1.82) is 0 Å². The highest BCUT2D eigenvalue weighted by atomic mass is 79.9. The molecule has 120 valence electrons. The van der Waals surface area contributed by atoms with Crippen LogP contribution in [0.1, 0.15) is 35.8 Å². The molecule has 2 aromatic rings. The monoisotopic (exact) mass is 374 g/mol. The normalized spacial score (nSPS) is 19.7. The summed E-state index contributed by atoms with van der Waals surface area (Å²) in [7, 11) is 0. The molecule has 1 aliphatic heterocycles. The highest BCUT2D eigenvalue weighted by molar-refractivity contribution is 9.10. The van der Waals surface area contributed by atoms with Crippen molar-refractivity contribution in [2.75, 3.05) is 6.54 Å². The van der Waals surface area contributed by atoms with E-state index in [2.05, 4.69) is 25.8 Å². The Kier molecular flexibility index (Phi) is 4.78. The van der Waals surface area contributed by atoms with E-state index in [0.717, 1.165) is 34.4 Å². The summed E-state index contributed by atoms with van der Waals surface area (Å²) in [6.45, 7) is 2.73. The fourth-order valence-electron chi connectivity index (χ4n) is 3.29. The molecule has 0 aliphatic carbocycles. The largest absolute Gasteiger partial charge is 0.480 e. The highest BCUT2D eigenvalue weighted by Gasteiger charge is 2.37. The molecule has 4 nitrogen and oxygen atoms in total. The molecule has 0 bridgehead atoms. The summed E-state index contributed by atoms with van der Waals surface area (Å²) < 4.78 is 0.985. The highest BCUT2D eigenvalue weighted by Crippen LogP contribution is 2.35. The lowest BCUT2D eigenvalue weighted by molar-refractivity contribution is -0.142. The molecule has 1 aromatic carbocycles. The summed E-state index contributed by atoms with van der Waals surface area (Å²) >= 11 is 3.51. The standard InChI is InChI=1S/C18H19BrN2O2/c1-12-5-2-8-15(20-12)17(13-6-3-7-14(19)11-13)21-10-4-9-16(21)18(22)23/h2-3,5-8,11,16-17H,4,9-10H2,1H3,(H,22,23). The van der Waals surface area contributed by atoms with Gasteiger partial charge >= 0.3 is 5.97 Å². The zero-order valence-electron chi connectivity index (χ0n) is 12.9. The number of carboxylic acids is 1. The number of pyridine rings is 1. The van der Waals surface area contributed by atoms with Crippen LogP contribution in [-0.2, 0) is 4.79 Å². The fraction of sp³-hybridized carbons (Fsp3) is 0.333. The van der Waals surface area contributed by atoms with Gasteiger partial charge in [0.2, 0.25) is 0 Å². The summed E-state index contributed by atoms with van der Waals surface area (Å²) in [5.74, 6) is -0.754. The number of nitrogens with zero attached hydrogens (tertiary/aromatic N) is 2. The smallest absolute Gasteiger partial charge is 0.320 e. The number of benzene rings is 1. The van der Waals surface area contributed by atoms with Crippen LogP contribution in [-0.4, -0.2) is 33.5 Å². The van der Waals surface area contributed by atoms with Gasteiger partial charge in [-0.2, -0.15) is 0 Å². The molecule has 0 spiro atoms. The van der Waals surface area contributed by atoms with Crippen molar-refractivity contribution in [2.24, 2.45) is 0 Å². The van der Waals surface area contributed by atoms with Crippen molar-refractivity contribution in [3.8, 4) is 0 Å². The number of hydrogen-bond acceptors (Lipinski definition) is 3. The first-order valence-corrected chi connectivity index (χ1v) is 8.53. The van der Waals surface area contributed by atoms with Gasteiger partial charge in [-0.3, -0.25) is 14.7 Å². The number of halogens is 1. The maximum Gasteiger partial charge on any atom is 0.320 e. The molecule has 2 heterocycles. The van der Waals surface area contributed by atoms with E-state index in [9.17, 15) is 9.90 Å². The lowest BCUT2D eigenvalue weighted by Gasteiger charge is -2.31. The van der Waals surface area contributed by atoms with E-state index in [1.165, 1.54) is 0 Å². The third kappa shape index (κ3) is 3.46. The Hall–Kier alpha value is -1.72. The van der Waals surface area contributed by atoms with Crippen molar-refractivity contribution in [2.45, 2.75) is 31.8 Å². The first-order valence-electron chi connectivity index (χ1n) is 7.74. The topological polar surface area (TPSA) is 53.4 Å². The van der Waals surface area contributed by atoms with Crippen LogP contribution in [0.15, 0.2) is 46.9 Å². The molecule has 23 heavy (non-hydrogen) atoms. The molecule has 3 rings (SSSR count). The minimum atomic E-state index is -0.754. The fourth-order valence-corrected chi connectivity index (χ4v) is 3.71. The number of aryl methyl sites for hydroxylation is 1. The van der Waals surface area contributed by atoms with Crippen LogP contribution in [0.5, 0.6) is 0 Å². The van der Waals surface area contributed by atoms with Gasteiger partial charge in [0.05, 0.1) is 11.7 Å². The second kappa shape index (κ2) is 6.81. The van der Waals surface area contributed by atoms with Crippen LogP contribution in [0.4, 0.5) is 0 Å². The van der Waals surface area contributed by atoms with Crippen molar-refractivity contribution < 1.29 is 9.90 Å². The second-order valence-electron chi connectivity index (χ2n) is 5.90. The van der Waals surface area contributed by atoms with E-state index in [4.69, 9.17) is 0 Å². The number of aromatic nitrogens is 1. The van der Waals surface area contributed by atoms with Crippen LogP contribution >= 0.6 is 15.9 Å². The van der Waals surface area contributed by atoms with Crippen LogP contribution in [0, 0.1) is 6.92 Å². The minimum Gasteiger partial charge on any atom is -0.480 e. The van der Waals surface area contributed by atoms with Gasteiger partial charge in [-0.25, -0.2) is 0 Å². The summed E-state index contributed by atoms with van der Waals surface area (Å²) in [4.78, 5) is 18.4. The van der Waals surface area contributed by atoms with E-state index in [0.29, 0.717) is 6.42 Å². The van der Waals surface area contributed by atoms with E-state index in [-0.39, 0.29) is 6.04 Å². The van der Waals surface area contributed by atoms with Gasteiger partial charge in [0.15, 0.2) is 0 Å². The van der Waals surface area contributed by atoms with E-state index in [1.54, 1.807) is 0 Å². The third-order valence-corrected chi connectivity index (χ3v) is 4.76. The Morgan fingerprint density at radius 3 is 2.83 bits per heavy atom. The molecule has 2 unspecified atom stereocenters. The number of hydrogen-bond donors (Lipinski definition) is 1. The molecule has 1 aromatic heterocycles. The number of aliphatic carboxylic acids is 1. The van der Waals surface area contributed by atoms with Gasteiger partial charge in [0.25, 0.3) is 0 Å². The predicted octanol–water partition coefficient (Wildman–Crippen LogP) is 3.79. The van der Waals surface area contributed by atoms with Gasteiger partial charge in [0.1, 0.15) is 6.04 Å². The molecule has 5 heteroatoms. The third-order valence-electron chi connectivity index (χ3n) is 4.27. The average Bonchev–Trinajstić information content (AvgIpc) is 2.97. The first kappa shape index (κ1) is 16.1. The summed E-state index contributed by atoms with van der Waals surface area (Å²) in [5.41, 5.74) is 2.90. The summed E-state index contributed by atoms with van der Waals surface area (Å²) in [6.07, 6.45) is 1.58. The summed E-state index contributed by atoms with van der Waals surface area (Å²) in [6, 6.07) is 13.4. The molecule has 1 N–H and O–H groups in total. The molecule has 0 radical (unpaired) electrons. The molecule has 0 saturated carbocycles. The van der Waals surface area contributed by atoms with Crippen LogP contribution in [0.2, 0.25) is 0 Å². The van der Waals surface area contributed by atoms with Gasteiger partial charge in [0, 0.05) is 16.7 Å². The van der Waals surface area contributed by atoms with E-state index < -0.39 is 12.0 Å². The molecular weight excluding hydrogens is 356 g/mol. The van der Waals surface area contributed by atoms with Crippen LogP contribution < -0.4 is 0 Å². The van der Waals surface area contributed by atoms with Crippen LogP contribution in [0.25, 0.3) is 0 Å². The minimum absolute atomic E-state index is 0.143. The Balaban J connectivity index is 2.08. The summed E-state index contributed by atoms with van der Waals surface area (Å²) in [5, 5.41) is 9.56. The van der Waals surface area contributed by atoms with E-state index in [1.807, 2.05) is 49.4 Å². The first-order chi connectivity index (χ1) is 11.1. The predicted molar refractivity (Wildman–Crippen MR) is 92.3 cm³/mol. The zero-order chi connectivity index (χ0) is 16.4. The zero-order valence-corrected chi connectivity index (χ0v) is 14.5. The van der Waals surface area contributed by atoms with Crippen molar-refractivity contribution >= 4 is 21.9 Å². The van der Waals surface area contributed by atoms with E-state index >= 15 is 0 Å². The van der Waals surface area contributed by atoms with Gasteiger partial charge < -0.3 is 5.11 Å². The Labute approximate surface area is 144 Å². The van der Waals surface area contributed by atoms with Crippen molar-refractivity contribution in [3.05, 3.63) is 63.9 Å². The quantitative estimate of drug-likeness (QED) is 0.884. The lowest BCUT2D eigenvalue weighted by atomic mass is 10.00. The Morgan fingerprint density at radius 1 is 1.35 bits per heavy atom. The maximum atomic E-state index is 11.6. The number of rotatable bonds is 4. The number of carbonyl (C=O) groups is 1. The Bertz CT molecular complexity index is 674. The van der Waals surface area contributed by atoms with Gasteiger partial charge in [-0.05, 0) is 49.6 Å². The van der Waals surface area contributed by atoms with Gasteiger partial charge in [-0.1, -0.05) is 34.1 Å². The average molecular weight is 375 g/mol. The molecular formula is C18H19BrN2O2. The van der Waals surface area contributed by atoms with Crippen LogP contribution in [0.3, 0.4) is 0 Å². The molecule has 2 atom stereocenters. The molecule has 1 fully saturated rings. The number of likely N-dealkylation sites (tertiary alicyclic amines) is 1. The van der Waals surface area contributed by atoms with Gasteiger partial charge in [-0.15, -0.1) is 0 Å². The van der Waals surface area contributed by atoms with Crippen molar-refractivity contribution in [3.63, 3.8) is 0 Å². The molecule has 1 aliphatic rings. The Morgan fingerprint density at radius 2 is 2.13 bits per heavy atom. The SMILES string of the molecule is Cc1cccc(C(c2cccc(Br)c2)N2CCCC2C(=O)O)n1. The molecule has 0 amide bonds.